The highest BCUT2D eigenvalue weighted by Crippen LogP contribution is 2.24. The van der Waals surface area contributed by atoms with Gasteiger partial charge in [-0.15, -0.1) is 0 Å². The van der Waals surface area contributed by atoms with Gasteiger partial charge in [0.2, 0.25) is 0 Å². The zero-order valence-corrected chi connectivity index (χ0v) is 16.1. The van der Waals surface area contributed by atoms with Crippen LogP contribution in [0.15, 0.2) is 59.7 Å². The Kier molecular flexibility index (Phi) is 5.48. The van der Waals surface area contributed by atoms with Gasteiger partial charge in [0, 0.05) is 24.7 Å². The highest BCUT2D eigenvalue weighted by molar-refractivity contribution is 5.89. The average molecular weight is 389 g/mol. The van der Waals surface area contributed by atoms with Gasteiger partial charge in [0.1, 0.15) is 24.1 Å². The van der Waals surface area contributed by atoms with Crippen molar-refractivity contribution in [3.05, 3.63) is 65.2 Å². The van der Waals surface area contributed by atoms with Crippen LogP contribution >= 0.6 is 0 Å². The van der Waals surface area contributed by atoms with E-state index >= 15 is 0 Å². The first kappa shape index (κ1) is 19.0. The summed E-state index contributed by atoms with van der Waals surface area (Å²) < 4.78 is 0. The molecule has 2 N–H and O–H groups in total. The molecule has 4 rings (SSSR count). The van der Waals surface area contributed by atoms with E-state index in [1.54, 1.807) is 0 Å². The number of aromatic nitrogens is 3. The summed E-state index contributed by atoms with van der Waals surface area (Å²) >= 11 is 0. The Labute approximate surface area is 168 Å². The predicted octanol–water partition coefficient (Wildman–Crippen LogP) is 2.62. The van der Waals surface area contributed by atoms with E-state index < -0.39 is 0 Å². The third kappa shape index (κ3) is 4.25. The van der Waals surface area contributed by atoms with Crippen molar-refractivity contribution >= 4 is 23.1 Å². The molecule has 1 saturated heterocycles. The zero-order valence-electron chi connectivity index (χ0n) is 16.1. The maximum Gasteiger partial charge on any atom is 0.257 e. The second-order valence-corrected chi connectivity index (χ2v) is 7.36. The summed E-state index contributed by atoms with van der Waals surface area (Å²) in [6.45, 7) is 6.10. The predicted molar refractivity (Wildman–Crippen MR) is 114 cm³/mol. The van der Waals surface area contributed by atoms with Gasteiger partial charge >= 0.3 is 0 Å². The zero-order chi connectivity index (χ0) is 20.2. The smallest absolute Gasteiger partial charge is 0.257 e. The van der Waals surface area contributed by atoms with E-state index in [0.29, 0.717) is 29.1 Å². The van der Waals surface area contributed by atoms with Crippen LogP contribution in [-0.2, 0) is 4.79 Å². The van der Waals surface area contributed by atoms with Crippen molar-refractivity contribution in [2.45, 2.75) is 18.9 Å². The Morgan fingerprint density at radius 2 is 2.14 bits per heavy atom. The average Bonchev–Trinajstić information content (AvgIpc) is 2.74. The van der Waals surface area contributed by atoms with E-state index in [9.17, 15) is 9.59 Å². The molecule has 7 nitrogen and oxygen atoms in total. The number of benzene rings is 1. The van der Waals surface area contributed by atoms with Gasteiger partial charge in [0.25, 0.3) is 5.56 Å². The summed E-state index contributed by atoms with van der Waals surface area (Å²) in [6, 6.07) is 11.6. The van der Waals surface area contributed by atoms with Crippen LogP contribution in [0.5, 0.6) is 0 Å². The number of fused-ring (bicyclic) bond motifs is 1. The molecular weight excluding hydrogens is 366 g/mol. The van der Waals surface area contributed by atoms with Gasteiger partial charge in [0.05, 0.1) is 5.39 Å². The van der Waals surface area contributed by atoms with Crippen molar-refractivity contribution in [3.63, 3.8) is 0 Å². The molecular formula is C22H23N5O2. The summed E-state index contributed by atoms with van der Waals surface area (Å²) in [4.78, 5) is 37.2. The molecule has 148 valence electrons. The van der Waals surface area contributed by atoms with E-state index in [1.807, 2.05) is 36.4 Å². The molecule has 1 aliphatic heterocycles. The number of piperidine rings is 1. The fourth-order valence-electron chi connectivity index (χ4n) is 3.80. The summed E-state index contributed by atoms with van der Waals surface area (Å²) in [5.41, 5.74) is 2.35. The minimum atomic E-state index is -0.176. The number of pyridine rings is 1. The SMILES string of the molecule is C=C(C=O)CN1CCC[C@@H](Nc2ncnc3[nH]c(=O)c(-c4ccccc4)cc23)C1. The van der Waals surface area contributed by atoms with Gasteiger partial charge in [-0.3, -0.25) is 14.5 Å². The number of nitrogens with one attached hydrogen (secondary N) is 2. The largest absolute Gasteiger partial charge is 0.365 e. The molecule has 0 aliphatic carbocycles. The van der Waals surface area contributed by atoms with Crippen LogP contribution in [0, 0.1) is 0 Å². The first-order chi connectivity index (χ1) is 14.1. The second kappa shape index (κ2) is 8.36. The molecule has 29 heavy (non-hydrogen) atoms. The molecule has 7 heteroatoms. The van der Waals surface area contributed by atoms with Crippen LogP contribution in [0.25, 0.3) is 22.2 Å². The topological polar surface area (TPSA) is 91.0 Å². The number of likely N-dealkylation sites (tertiary alicyclic amines) is 1. The van der Waals surface area contributed by atoms with Crippen molar-refractivity contribution in [2.75, 3.05) is 25.0 Å². The van der Waals surface area contributed by atoms with Crippen LogP contribution in [-0.4, -0.2) is 51.8 Å². The maximum absolute atomic E-state index is 12.5. The van der Waals surface area contributed by atoms with Gasteiger partial charge in [-0.1, -0.05) is 36.9 Å². The Morgan fingerprint density at radius 1 is 1.31 bits per heavy atom. The minimum Gasteiger partial charge on any atom is -0.365 e. The van der Waals surface area contributed by atoms with E-state index in [-0.39, 0.29) is 11.6 Å². The Balaban J connectivity index is 1.63. The summed E-state index contributed by atoms with van der Waals surface area (Å²) in [7, 11) is 0. The molecule has 0 unspecified atom stereocenters. The van der Waals surface area contributed by atoms with Crippen molar-refractivity contribution < 1.29 is 4.79 Å². The second-order valence-electron chi connectivity index (χ2n) is 7.36. The molecule has 0 saturated carbocycles. The minimum absolute atomic E-state index is 0.176. The number of aldehydes is 1. The third-order valence-electron chi connectivity index (χ3n) is 5.17. The number of carbonyl (C=O) groups excluding carboxylic acids is 1. The molecule has 3 aromatic rings. The Morgan fingerprint density at radius 3 is 2.93 bits per heavy atom. The van der Waals surface area contributed by atoms with Gasteiger partial charge in [-0.2, -0.15) is 0 Å². The number of hydrogen-bond acceptors (Lipinski definition) is 6. The number of aromatic amines is 1. The lowest BCUT2D eigenvalue weighted by Crippen LogP contribution is -2.43. The lowest BCUT2D eigenvalue weighted by Gasteiger charge is -2.33. The quantitative estimate of drug-likeness (QED) is 0.497. The fraction of sp³-hybridized carbons (Fsp3) is 0.273. The van der Waals surface area contributed by atoms with Crippen molar-refractivity contribution in [2.24, 2.45) is 0 Å². The molecule has 0 radical (unpaired) electrons. The Hall–Kier alpha value is -3.32. The molecule has 2 aromatic heterocycles. The number of rotatable bonds is 6. The molecule has 3 heterocycles. The van der Waals surface area contributed by atoms with Gasteiger partial charge in [0.15, 0.2) is 0 Å². The molecule has 0 spiro atoms. The van der Waals surface area contributed by atoms with Crippen molar-refractivity contribution in [1.29, 1.82) is 0 Å². The molecule has 1 aliphatic rings. The lowest BCUT2D eigenvalue weighted by molar-refractivity contribution is -0.105. The van der Waals surface area contributed by atoms with Crippen molar-refractivity contribution in [1.82, 2.24) is 19.9 Å². The summed E-state index contributed by atoms with van der Waals surface area (Å²) in [6.07, 6.45) is 4.30. The first-order valence-corrected chi connectivity index (χ1v) is 9.69. The molecule has 0 amide bonds. The third-order valence-corrected chi connectivity index (χ3v) is 5.17. The van der Waals surface area contributed by atoms with E-state index in [4.69, 9.17) is 0 Å². The Bertz CT molecular complexity index is 1090. The first-order valence-electron chi connectivity index (χ1n) is 9.69. The normalized spacial score (nSPS) is 17.2. The number of carbonyl (C=O) groups is 1. The van der Waals surface area contributed by atoms with Crippen LogP contribution in [0.4, 0.5) is 5.82 Å². The maximum atomic E-state index is 12.5. The van der Waals surface area contributed by atoms with E-state index in [2.05, 4.69) is 31.7 Å². The summed E-state index contributed by atoms with van der Waals surface area (Å²) in [5.74, 6) is 0.699. The molecule has 1 aromatic carbocycles. The van der Waals surface area contributed by atoms with Gasteiger partial charge < -0.3 is 10.3 Å². The monoisotopic (exact) mass is 389 g/mol. The molecule has 0 bridgehead atoms. The lowest BCUT2D eigenvalue weighted by atomic mass is 10.0. The summed E-state index contributed by atoms with van der Waals surface area (Å²) in [5, 5.41) is 4.29. The number of nitrogens with zero attached hydrogens (tertiary/aromatic N) is 3. The van der Waals surface area contributed by atoms with E-state index in [1.165, 1.54) is 6.33 Å². The van der Waals surface area contributed by atoms with Crippen LogP contribution in [0.2, 0.25) is 0 Å². The van der Waals surface area contributed by atoms with E-state index in [0.717, 1.165) is 43.2 Å². The molecule has 1 fully saturated rings. The highest BCUT2D eigenvalue weighted by atomic mass is 16.1. The van der Waals surface area contributed by atoms with Crippen molar-refractivity contribution in [3.8, 4) is 11.1 Å². The van der Waals surface area contributed by atoms with Gasteiger partial charge in [-0.05, 0) is 36.6 Å². The number of hydrogen-bond donors (Lipinski definition) is 2. The number of H-pyrrole nitrogens is 1. The number of anilines is 1. The standard InChI is InChI=1S/C22H23N5O2/c1-15(13-28)11-27-9-5-8-17(12-27)25-20-19-10-18(16-6-3-2-4-7-16)22(29)26-21(19)24-14-23-20/h2-4,6-7,10,13-14,17H,1,5,8-9,11-12H2,(H2,23,24,25,26,29)/t17-/m1/s1. The highest BCUT2D eigenvalue weighted by Gasteiger charge is 2.21. The van der Waals surface area contributed by atoms with Crippen LogP contribution < -0.4 is 10.9 Å². The molecule has 1 atom stereocenters. The van der Waals surface area contributed by atoms with Crippen LogP contribution in [0.1, 0.15) is 12.8 Å². The van der Waals surface area contributed by atoms with Gasteiger partial charge in [-0.25, -0.2) is 9.97 Å². The fourth-order valence-corrected chi connectivity index (χ4v) is 3.80. The van der Waals surface area contributed by atoms with Crippen LogP contribution in [0.3, 0.4) is 0 Å².